The lowest BCUT2D eigenvalue weighted by Crippen LogP contribution is -2.45. The van der Waals surface area contributed by atoms with Gasteiger partial charge in [0.1, 0.15) is 0 Å². The maximum atomic E-state index is 12.3. The molecule has 2 rings (SSSR count). The minimum atomic E-state index is -0.427. The van der Waals surface area contributed by atoms with Gasteiger partial charge in [0, 0.05) is 19.1 Å². The van der Waals surface area contributed by atoms with Gasteiger partial charge in [0.15, 0.2) is 0 Å². The molecule has 5 heteroatoms. The number of likely N-dealkylation sites (tertiary alicyclic amines) is 1. The van der Waals surface area contributed by atoms with Crippen molar-refractivity contribution in [3.63, 3.8) is 0 Å². The number of halogens is 1. The van der Waals surface area contributed by atoms with Crippen LogP contribution in [0.3, 0.4) is 0 Å². The molecule has 1 aromatic carbocycles. The fourth-order valence-electron chi connectivity index (χ4n) is 2.55. The van der Waals surface area contributed by atoms with Crippen molar-refractivity contribution in [3.05, 3.63) is 35.9 Å². The fourth-order valence-corrected chi connectivity index (χ4v) is 2.55. The Hall–Kier alpha value is -1.10. The molecule has 1 unspecified atom stereocenters. The van der Waals surface area contributed by atoms with Gasteiger partial charge in [0.2, 0.25) is 5.91 Å². The van der Waals surface area contributed by atoms with E-state index in [4.69, 9.17) is 5.73 Å². The molecule has 1 amide bonds. The Morgan fingerprint density at radius 1 is 1.40 bits per heavy atom. The first-order valence-electron chi connectivity index (χ1n) is 6.82. The number of carbonyl (C=O) groups excluding carboxylic acids is 1. The Balaban J connectivity index is 0.00000200. The first kappa shape index (κ1) is 17.0. The quantitative estimate of drug-likeness (QED) is 0.907. The van der Waals surface area contributed by atoms with Crippen LogP contribution in [0, 0.1) is 0 Å². The molecule has 1 saturated heterocycles. The molecule has 2 atom stereocenters. The highest BCUT2D eigenvalue weighted by molar-refractivity contribution is 5.85. The third-order valence-corrected chi connectivity index (χ3v) is 3.82. The average Bonchev–Trinajstić information content (AvgIpc) is 2.88. The topological polar surface area (TPSA) is 49.6 Å². The van der Waals surface area contributed by atoms with E-state index in [2.05, 4.69) is 19.0 Å². The molecule has 0 saturated carbocycles. The van der Waals surface area contributed by atoms with E-state index in [-0.39, 0.29) is 18.3 Å². The molecule has 1 heterocycles. The van der Waals surface area contributed by atoms with Crippen molar-refractivity contribution in [2.24, 2.45) is 5.73 Å². The highest BCUT2D eigenvalue weighted by atomic mass is 35.5. The number of nitrogens with two attached hydrogens (primary N) is 1. The summed E-state index contributed by atoms with van der Waals surface area (Å²) in [6, 6.07) is 9.99. The Morgan fingerprint density at radius 2 is 2.05 bits per heavy atom. The lowest BCUT2D eigenvalue weighted by molar-refractivity contribution is -0.131. The molecule has 112 valence electrons. The van der Waals surface area contributed by atoms with E-state index in [1.54, 1.807) is 0 Å². The third kappa shape index (κ3) is 4.20. The SMILES string of the molecule is CN(C)C1CCN(C(=O)[C@@H](N)Cc2ccccc2)C1.Cl. The highest BCUT2D eigenvalue weighted by Gasteiger charge is 2.30. The zero-order valence-electron chi connectivity index (χ0n) is 12.2. The predicted octanol–water partition coefficient (Wildman–Crippen LogP) is 1.14. The second kappa shape index (κ2) is 7.62. The van der Waals surface area contributed by atoms with Crippen molar-refractivity contribution < 1.29 is 4.79 Å². The summed E-state index contributed by atoms with van der Waals surface area (Å²) >= 11 is 0. The van der Waals surface area contributed by atoms with Crippen LogP contribution in [0.4, 0.5) is 0 Å². The van der Waals surface area contributed by atoms with Crippen LogP contribution >= 0.6 is 12.4 Å². The molecule has 1 aliphatic heterocycles. The molecule has 1 aromatic rings. The third-order valence-electron chi connectivity index (χ3n) is 3.82. The lowest BCUT2D eigenvalue weighted by Gasteiger charge is -2.23. The summed E-state index contributed by atoms with van der Waals surface area (Å²) in [7, 11) is 4.12. The van der Waals surface area contributed by atoms with Crippen LogP contribution in [0.15, 0.2) is 30.3 Å². The van der Waals surface area contributed by atoms with Gasteiger partial charge in [-0.25, -0.2) is 0 Å². The summed E-state index contributed by atoms with van der Waals surface area (Å²) < 4.78 is 0. The molecule has 0 spiro atoms. The van der Waals surface area contributed by atoms with E-state index in [1.807, 2.05) is 35.2 Å². The van der Waals surface area contributed by atoms with Crippen molar-refractivity contribution in [2.75, 3.05) is 27.2 Å². The second-order valence-corrected chi connectivity index (χ2v) is 5.49. The van der Waals surface area contributed by atoms with E-state index in [0.29, 0.717) is 12.5 Å². The Labute approximate surface area is 127 Å². The number of rotatable bonds is 4. The number of amides is 1. The van der Waals surface area contributed by atoms with E-state index >= 15 is 0 Å². The number of carbonyl (C=O) groups is 1. The van der Waals surface area contributed by atoms with Gasteiger partial charge in [-0.05, 0) is 32.5 Å². The second-order valence-electron chi connectivity index (χ2n) is 5.49. The first-order valence-corrected chi connectivity index (χ1v) is 6.82. The van der Waals surface area contributed by atoms with Crippen molar-refractivity contribution in [2.45, 2.75) is 24.9 Å². The van der Waals surface area contributed by atoms with Gasteiger partial charge in [-0.2, -0.15) is 0 Å². The number of likely N-dealkylation sites (N-methyl/N-ethyl adjacent to an activating group) is 1. The smallest absolute Gasteiger partial charge is 0.239 e. The van der Waals surface area contributed by atoms with Crippen LogP contribution < -0.4 is 5.73 Å². The largest absolute Gasteiger partial charge is 0.340 e. The monoisotopic (exact) mass is 297 g/mol. The first-order chi connectivity index (χ1) is 9.08. The van der Waals surface area contributed by atoms with Crippen molar-refractivity contribution in [3.8, 4) is 0 Å². The molecule has 1 aliphatic rings. The number of hydrogen-bond acceptors (Lipinski definition) is 3. The van der Waals surface area contributed by atoms with E-state index < -0.39 is 6.04 Å². The molecule has 4 nitrogen and oxygen atoms in total. The van der Waals surface area contributed by atoms with Crippen LogP contribution in [0.1, 0.15) is 12.0 Å². The molecule has 0 radical (unpaired) electrons. The maximum absolute atomic E-state index is 12.3. The molecular weight excluding hydrogens is 274 g/mol. The minimum Gasteiger partial charge on any atom is -0.340 e. The summed E-state index contributed by atoms with van der Waals surface area (Å²) in [5.74, 6) is 0.0770. The zero-order chi connectivity index (χ0) is 13.8. The summed E-state index contributed by atoms with van der Waals surface area (Å²) in [5, 5.41) is 0. The van der Waals surface area contributed by atoms with Gasteiger partial charge in [-0.15, -0.1) is 12.4 Å². The van der Waals surface area contributed by atoms with E-state index in [0.717, 1.165) is 25.1 Å². The Kier molecular flexibility index (Phi) is 6.46. The number of hydrogen-bond donors (Lipinski definition) is 1. The summed E-state index contributed by atoms with van der Waals surface area (Å²) in [6.07, 6.45) is 1.65. The highest BCUT2D eigenvalue weighted by Crippen LogP contribution is 2.15. The Morgan fingerprint density at radius 3 is 2.60 bits per heavy atom. The average molecular weight is 298 g/mol. The van der Waals surface area contributed by atoms with E-state index in [9.17, 15) is 4.79 Å². The summed E-state index contributed by atoms with van der Waals surface area (Å²) in [5.41, 5.74) is 7.16. The fraction of sp³-hybridized carbons (Fsp3) is 0.533. The number of benzene rings is 1. The Bertz CT molecular complexity index is 424. The van der Waals surface area contributed by atoms with Crippen LogP contribution in [0.5, 0.6) is 0 Å². The van der Waals surface area contributed by atoms with Gasteiger partial charge in [-0.3, -0.25) is 4.79 Å². The standard InChI is InChI=1S/C15H23N3O.ClH/c1-17(2)13-8-9-18(11-13)15(19)14(16)10-12-6-4-3-5-7-12;/h3-7,13-14H,8-11,16H2,1-2H3;1H/t13?,14-;/m0./s1. The molecule has 2 N–H and O–H groups in total. The van der Waals surface area contributed by atoms with E-state index in [1.165, 1.54) is 0 Å². The molecule has 1 fully saturated rings. The summed E-state index contributed by atoms with van der Waals surface area (Å²) in [4.78, 5) is 16.4. The molecule has 0 aromatic heterocycles. The van der Waals surface area contributed by atoms with Crippen molar-refractivity contribution in [1.29, 1.82) is 0 Å². The van der Waals surface area contributed by atoms with Crippen LogP contribution in [-0.2, 0) is 11.2 Å². The molecular formula is C15H24ClN3O. The van der Waals surface area contributed by atoms with Gasteiger partial charge in [-0.1, -0.05) is 30.3 Å². The minimum absolute atomic E-state index is 0. The lowest BCUT2D eigenvalue weighted by atomic mass is 10.1. The number of nitrogens with zero attached hydrogens (tertiary/aromatic N) is 2. The van der Waals surface area contributed by atoms with Gasteiger partial charge in [0.25, 0.3) is 0 Å². The van der Waals surface area contributed by atoms with Gasteiger partial charge in [0.05, 0.1) is 6.04 Å². The van der Waals surface area contributed by atoms with Gasteiger partial charge >= 0.3 is 0 Å². The van der Waals surface area contributed by atoms with Crippen LogP contribution in [0.25, 0.3) is 0 Å². The van der Waals surface area contributed by atoms with Gasteiger partial charge < -0.3 is 15.5 Å². The maximum Gasteiger partial charge on any atom is 0.239 e. The molecule has 0 bridgehead atoms. The van der Waals surface area contributed by atoms with Crippen molar-refractivity contribution in [1.82, 2.24) is 9.80 Å². The summed E-state index contributed by atoms with van der Waals surface area (Å²) in [6.45, 7) is 1.62. The van der Waals surface area contributed by atoms with Crippen LogP contribution in [-0.4, -0.2) is 55.0 Å². The molecule has 0 aliphatic carbocycles. The van der Waals surface area contributed by atoms with Crippen LogP contribution in [0.2, 0.25) is 0 Å². The normalized spacial score (nSPS) is 19.8. The predicted molar refractivity (Wildman–Crippen MR) is 84.0 cm³/mol. The zero-order valence-corrected chi connectivity index (χ0v) is 13.0. The van der Waals surface area contributed by atoms with Crippen molar-refractivity contribution >= 4 is 18.3 Å². The molecule has 20 heavy (non-hydrogen) atoms.